The smallest absolute Gasteiger partial charge is 0.0540 e. The van der Waals surface area contributed by atoms with Crippen LogP contribution in [-0.4, -0.2) is 4.57 Å². The van der Waals surface area contributed by atoms with Crippen LogP contribution in [0.5, 0.6) is 0 Å². The summed E-state index contributed by atoms with van der Waals surface area (Å²) >= 11 is 0. The zero-order chi connectivity index (χ0) is 14.9. The zero-order valence-corrected chi connectivity index (χ0v) is 12.5. The van der Waals surface area contributed by atoms with E-state index < -0.39 is 0 Å². The highest BCUT2D eigenvalue weighted by atomic mass is 15.0. The number of nitrogens with zero attached hydrogens (tertiary/aromatic N) is 1. The van der Waals surface area contributed by atoms with Crippen molar-refractivity contribution in [3.8, 4) is 16.9 Å². The van der Waals surface area contributed by atoms with E-state index in [0.717, 1.165) is 0 Å². The lowest BCUT2D eigenvalue weighted by Gasteiger charge is -2.11. The van der Waals surface area contributed by atoms with E-state index in [0.29, 0.717) is 0 Å². The second-order valence-corrected chi connectivity index (χ2v) is 5.63. The Balaban J connectivity index is 2.04. The van der Waals surface area contributed by atoms with Gasteiger partial charge in [0.05, 0.1) is 11.2 Å². The summed E-state index contributed by atoms with van der Waals surface area (Å²) in [5, 5.41) is 1.27. The number of hydrogen-bond acceptors (Lipinski definition) is 0. The number of benzene rings is 3. The molecule has 3 aromatic carbocycles. The van der Waals surface area contributed by atoms with Gasteiger partial charge in [-0.3, -0.25) is 0 Å². The first-order valence-electron chi connectivity index (χ1n) is 7.56. The predicted molar refractivity (Wildman–Crippen MR) is 93.4 cm³/mol. The largest absolute Gasteiger partial charge is 0.309 e. The summed E-state index contributed by atoms with van der Waals surface area (Å²) in [5.41, 5.74) is 6.18. The van der Waals surface area contributed by atoms with Crippen LogP contribution in [0.25, 0.3) is 27.8 Å². The molecule has 1 heterocycles. The van der Waals surface area contributed by atoms with Crippen molar-refractivity contribution in [2.75, 3.05) is 0 Å². The van der Waals surface area contributed by atoms with E-state index >= 15 is 0 Å². The van der Waals surface area contributed by atoms with E-state index in [4.69, 9.17) is 0 Å². The highest BCUT2D eigenvalue weighted by Crippen LogP contribution is 2.31. The van der Waals surface area contributed by atoms with Crippen molar-refractivity contribution in [3.05, 3.63) is 90.5 Å². The van der Waals surface area contributed by atoms with Gasteiger partial charge in [-0.1, -0.05) is 66.2 Å². The molecule has 0 saturated carbocycles. The maximum Gasteiger partial charge on any atom is 0.0540 e. The van der Waals surface area contributed by atoms with Gasteiger partial charge in [0.1, 0.15) is 0 Å². The standard InChI is InChI=1S/C21H17N/c1-16-11-13-19(14-12-16)22-20-10-6-5-9-18(20)15-21(22)17-7-3-2-4-8-17/h2-15H,1H3. The summed E-state index contributed by atoms with van der Waals surface area (Å²) in [5.74, 6) is 0. The second kappa shape index (κ2) is 5.19. The molecule has 0 aliphatic rings. The van der Waals surface area contributed by atoms with Gasteiger partial charge in [-0.2, -0.15) is 0 Å². The summed E-state index contributed by atoms with van der Waals surface area (Å²) < 4.78 is 2.34. The monoisotopic (exact) mass is 283 g/mol. The van der Waals surface area contributed by atoms with E-state index in [9.17, 15) is 0 Å². The van der Waals surface area contributed by atoms with Gasteiger partial charge in [-0.25, -0.2) is 0 Å². The molecule has 0 bridgehead atoms. The lowest BCUT2D eigenvalue weighted by molar-refractivity contribution is 1.13. The van der Waals surface area contributed by atoms with Crippen molar-refractivity contribution in [1.82, 2.24) is 4.57 Å². The second-order valence-electron chi connectivity index (χ2n) is 5.63. The summed E-state index contributed by atoms with van der Waals surface area (Å²) in [4.78, 5) is 0. The first-order chi connectivity index (χ1) is 10.8. The van der Waals surface area contributed by atoms with E-state index in [-0.39, 0.29) is 0 Å². The number of hydrogen-bond donors (Lipinski definition) is 0. The SMILES string of the molecule is Cc1ccc(-n2c(-c3ccccc3)cc3ccccc32)cc1. The summed E-state index contributed by atoms with van der Waals surface area (Å²) in [6.45, 7) is 2.12. The summed E-state index contributed by atoms with van der Waals surface area (Å²) in [6, 6.07) is 30.1. The molecule has 0 fully saturated rings. The number of aromatic nitrogens is 1. The molecule has 0 unspecified atom stereocenters. The third kappa shape index (κ3) is 2.11. The molecule has 106 valence electrons. The molecule has 0 aliphatic carbocycles. The van der Waals surface area contributed by atoms with Crippen LogP contribution in [0.4, 0.5) is 0 Å². The van der Waals surface area contributed by atoms with Crippen LogP contribution in [0.2, 0.25) is 0 Å². The van der Waals surface area contributed by atoms with E-state index in [1.165, 1.54) is 33.4 Å². The molecular weight excluding hydrogens is 266 g/mol. The molecule has 4 rings (SSSR count). The maximum atomic E-state index is 2.34. The molecule has 0 amide bonds. The third-order valence-electron chi connectivity index (χ3n) is 4.07. The molecule has 1 nitrogen and oxygen atoms in total. The van der Waals surface area contributed by atoms with Crippen molar-refractivity contribution in [2.24, 2.45) is 0 Å². The number of para-hydroxylation sites is 1. The Morgan fingerprint density at radius 3 is 2.14 bits per heavy atom. The Bertz CT molecular complexity index is 915. The van der Waals surface area contributed by atoms with Crippen LogP contribution in [0.3, 0.4) is 0 Å². The zero-order valence-electron chi connectivity index (χ0n) is 12.5. The van der Waals surface area contributed by atoms with Crippen molar-refractivity contribution >= 4 is 10.9 Å². The minimum absolute atomic E-state index is 1.20. The van der Waals surface area contributed by atoms with Crippen LogP contribution in [0, 0.1) is 6.92 Å². The highest BCUT2D eigenvalue weighted by molar-refractivity contribution is 5.89. The van der Waals surface area contributed by atoms with E-state index in [1.807, 2.05) is 0 Å². The maximum absolute atomic E-state index is 2.34. The number of fused-ring (bicyclic) bond motifs is 1. The first-order valence-corrected chi connectivity index (χ1v) is 7.56. The molecule has 0 aliphatic heterocycles. The predicted octanol–water partition coefficient (Wildman–Crippen LogP) is 5.61. The van der Waals surface area contributed by atoms with Crippen LogP contribution in [-0.2, 0) is 0 Å². The molecule has 0 N–H and O–H groups in total. The minimum Gasteiger partial charge on any atom is -0.309 e. The molecule has 0 atom stereocenters. The van der Waals surface area contributed by atoms with Gasteiger partial charge in [-0.15, -0.1) is 0 Å². The van der Waals surface area contributed by atoms with Crippen molar-refractivity contribution in [3.63, 3.8) is 0 Å². The van der Waals surface area contributed by atoms with Gasteiger partial charge < -0.3 is 4.57 Å². The Labute approximate surface area is 130 Å². The molecule has 4 aromatic rings. The molecular formula is C21H17N. The van der Waals surface area contributed by atoms with Gasteiger partial charge in [-0.05, 0) is 36.8 Å². The fourth-order valence-corrected chi connectivity index (χ4v) is 2.95. The summed E-state index contributed by atoms with van der Waals surface area (Å²) in [7, 11) is 0. The first kappa shape index (κ1) is 12.9. The normalized spacial score (nSPS) is 11.0. The van der Waals surface area contributed by atoms with Crippen LogP contribution >= 0.6 is 0 Å². The van der Waals surface area contributed by atoms with Crippen molar-refractivity contribution in [1.29, 1.82) is 0 Å². The molecule has 0 radical (unpaired) electrons. The quantitative estimate of drug-likeness (QED) is 0.451. The Morgan fingerprint density at radius 2 is 1.36 bits per heavy atom. The van der Waals surface area contributed by atoms with E-state index in [2.05, 4.69) is 96.4 Å². The van der Waals surface area contributed by atoms with Crippen molar-refractivity contribution in [2.45, 2.75) is 6.92 Å². The summed E-state index contributed by atoms with van der Waals surface area (Å²) in [6.07, 6.45) is 0. The van der Waals surface area contributed by atoms with Gasteiger partial charge >= 0.3 is 0 Å². The van der Waals surface area contributed by atoms with Crippen LogP contribution in [0.1, 0.15) is 5.56 Å². The van der Waals surface area contributed by atoms with Gasteiger partial charge in [0.15, 0.2) is 0 Å². The van der Waals surface area contributed by atoms with Crippen LogP contribution < -0.4 is 0 Å². The van der Waals surface area contributed by atoms with E-state index in [1.54, 1.807) is 0 Å². The van der Waals surface area contributed by atoms with Gasteiger partial charge in [0.2, 0.25) is 0 Å². The average Bonchev–Trinajstić information content (AvgIpc) is 2.96. The molecule has 1 heteroatoms. The molecule has 0 saturated heterocycles. The fourth-order valence-electron chi connectivity index (χ4n) is 2.95. The van der Waals surface area contributed by atoms with Gasteiger partial charge in [0, 0.05) is 11.1 Å². The molecule has 1 aromatic heterocycles. The average molecular weight is 283 g/mol. The number of aryl methyl sites for hydroxylation is 1. The van der Waals surface area contributed by atoms with Crippen LogP contribution in [0.15, 0.2) is 84.9 Å². The topological polar surface area (TPSA) is 4.93 Å². The van der Waals surface area contributed by atoms with Crippen molar-refractivity contribution < 1.29 is 0 Å². The third-order valence-corrected chi connectivity index (χ3v) is 4.07. The Hall–Kier alpha value is -2.80. The molecule has 22 heavy (non-hydrogen) atoms. The minimum atomic E-state index is 1.20. The Morgan fingerprint density at radius 1 is 0.682 bits per heavy atom. The lowest BCUT2D eigenvalue weighted by Crippen LogP contribution is -1.96. The van der Waals surface area contributed by atoms with Gasteiger partial charge in [0.25, 0.3) is 0 Å². The Kier molecular flexibility index (Phi) is 3.05. The fraction of sp³-hybridized carbons (Fsp3) is 0.0476. The highest BCUT2D eigenvalue weighted by Gasteiger charge is 2.11. The number of rotatable bonds is 2. The lowest BCUT2D eigenvalue weighted by atomic mass is 10.1. The molecule has 0 spiro atoms.